The van der Waals surface area contributed by atoms with Crippen molar-refractivity contribution in [2.75, 3.05) is 0 Å². The Kier molecular flexibility index (Phi) is 9.21. The van der Waals surface area contributed by atoms with Crippen molar-refractivity contribution in [3.63, 3.8) is 0 Å². The third-order valence-corrected chi connectivity index (χ3v) is 5.34. The fourth-order valence-electron chi connectivity index (χ4n) is 3.57. The number of hydrogen-bond acceptors (Lipinski definition) is 3. The van der Waals surface area contributed by atoms with Crippen LogP contribution in [0.25, 0.3) is 10.9 Å². The molecule has 0 aliphatic carbocycles. The molecule has 1 heterocycles. The zero-order chi connectivity index (χ0) is 20.4. The van der Waals surface area contributed by atoms with E-state index in [0.29, 0.717) is 19.3 Å². The molecule has 1 aromatic carbocycles. The molecule has 2 aromatic rings. The highest BCUT2D eigenvalue weighted by Crippen LogP contribution is 2.19. The molecule has 2 unspecified atom stereocenters. The predicted molar refractivity (Wildman–Crippen MR) is 115 cm³/mol. The van der Waals surface area contributed by atoms with Gasteiger partial charge in [0.05, 0.1) is 12.1 Å². The smallest absolute Gasteiger partial charge is 0.237 e. The van der Waals surface area contributed by atoms with E-state index < -0.39 is 12.1 Å². The van der Waals surface area contributed by atoms with E-state index in [1.807, 2.05) is 37.4 Å². The minimum Gasteiger partial charge on any atom is -0.361 e. The van der Waals surface area contributed by atoms with Crippen LogP contribution < -0.4 is 11.1 Å². The number of rotatable bonds is 13. The van der Waals surface area contributed by atoms with Crippen LogP contribution in [0.4, 0.5) is 0 Å². The number of amides is 1. The van der Waals surface area contributed by atoms with E-state index in [9.17, 15) is 9.59 Å². The lowest BCUT2D eigenvalue weighted by atomic mass is 10.0. The number of para-hydroxylation sites is 1. The van der Waals surface area contributed by atoms with Gasteiger partial charge in [0.25, 0.3) is 0 Å². The monoisotopic (exact) mass is 385 g/mol. The SMILES string of the molecule is CCCCCCCCC(=O)C(CC)NC(=O)C(N)Cc1c[nH]c2ccccc12. The molecule has 2 rings (SSSR count). The van der Waals surface area contributed by atoms with Crippen molar-refractivity contribution in [1.82, 2.24) is 10.3 Å². The lowest BCUT2D eigenvalue weighted by molar-refractivity contribution is -0.128. The zero-order valence-corrected chi connectivity index (χ0v) is 17.3. The molecule has 5 nitrogen and oxygen atoms in total. The van der Waals surface area contributed by atoms with Crippen LogP contribution in [0.15, 0.2) is 30.5 Å². The van der Waals surface area contributed by atoms with Crippen LogP contribution in [0, 0.1) is 0 Å². The van der Waals surface area contributed by atoms with Gasteiger partial charge in [-0.25, -0.2) is 0 Å². The molecule has 0 saturated heterocycles. The van der Waals surface area contributed by atoms with E-state index in [0.717, 1.165) is 29.3 Å². The highest BCUT2D eigenvalue weighted by atomic mass is 16.2. The lowest BCUT2D eigenvalue weighted by Crippen LogP contribution is -2.48. The van der Waals surface area contributed by atoms with E-state index in [1.165, 1.54) is 25.7 Å². The summed E-state index contributed by atoms with van der Waals surface area (Å²) in [7, 11) is 0. The first-order valence-corrected chi connectivity index (χ1v) is 10.7. The third-order valence-electron chi connectivity index (χ3n) is 5.34. The number of aromatic nitrogens is 1. The number of unbranched alkanes of at least 4 members (excludes halogenated alkanes) is 5. The minimum absolute atomic E-state index is 0.116. The second-order valence-electron chi connectivity index (χ2n) is 7.62. The van der Waals surface area contributed by atoms with E-state index in [-0.39, 0.29) is 11.7 Å². The van der Waals surface area contributed by atoms with Gasteiger partial charge in [-0.05, 0) is 30.9 Å². The Bertz CT molecular complexity index is 753. The van der Waals surface area contributed by atoms with E-state index in [4.69, 9.17) is 5.73 Å². The predicted octanol–water partition coefficient (Wildman–Crippen LogP) is 4.25. The second kappa shape index (κ2) is 11.6. The molecule has 28 heavy (non-hydrogen) atoms. The van der Waals surface area contributed by atoms with Crippen molar-refractivity contribution in [3.05, 3.63) is 36.0 Å². The Morgan fingerprint density at radius 1 is 1.07 bits per heavy atom. The van der Waals surface area contributed by atoms with Crippen LogP contribution in [0.1, 0.15) is 70.8 Å². The maximum atomic E-state index is 12.5. The topological polar surface area (TPSA) is 88.0 Å². The number of nitrogens with two attached hydrogens (primary N) is 1. The molecule has 1 amide bonds. The number of fused-ring (bicyclic) bond motifs is 1. The van der Waals surface area contributed by atoms with Gasteiger partial charge in [0.1, 0.15) is 0 Å². The summed E-state index contributed by atoms with van der Waals surface area (Å²) < 4.78 is 0. The van der Waals surface area contributed by atoms with Crippen molar-refractivity contribution in [1.29, 1.82) is 0 Å². The first kappa shape index (κ1) is 22.2. The first-order chi connectivity index (χ1) is 13.6. The summed E-state index contributed by atoms with van der Waals surface area (Å²) >= 11 is 0. The molecule has 0 aliphatic heterocycles. The van der Waals surface area contributed by atoms with Gasteiger partial charge in [-0.3, -0.25) is 9.59 Å². The molecule has 0 saturated carbocycles. The van der Waals surface area contributed by atoms with Crippen LogP contribution >= 0.6 is 0 Å². The van der Waals surface area contributed by atoms with Gasteiger partial charge < -0.3 is 16.0 Å². The number of aromatic amines is 1. The molecule has 0 aliphatic rings. The van der Waals surface area contributed by atoms with Crippen molar-refractivity contribution in [2.45, 2.75) is 83.7 Å². The molecule has 1 aromatic heterocycles. The van der Waals surface area contributed by atoms with Crippen LogP contribution in [-0.2, 0) is 16.0 Å². The molecule has 4 N–H and O–H groups in total. The molecule has 0 radical (unpaired) electrons. The van der Waals surface area contributed by atoms with Crippen molar-refractivity contribution >= 4 is 22.6 Å². The average molecular weight is 386 g/mol. The Morgan fingerprint density at radius 2 is 1.79 bits per heavy atom. The second-order valence-corrected chi connectivity index (χ2v) is 7.62. The van der Waals surface area contributed by atoms with Gasteiger partial charge in [-0.2, -0.15) is 0 Å². The number of carbonyl (C=O) groups excluding carboxylic acids is 2. The highest BCUT2D eigenvalue weighted by Gasteiger charge is 2.22. The Morgan fingerprint density at radius 3 is 2.54 bits per heavy atom. The normalized spacial score (nSPS) is 13.4. The average Bonchev–Trinajstić information content (AvgIpc) is 3.11. The van der Waals surface area contributed by atoms with E-state index in [1.54, 1.807) is 0 Å². The molecular formula is C23H35N3O2. The van der Waals surface area contributed by atoms with E-state index >= 15 is 0 Å². The number of hydrogen-bond donors (Lipinski definition) is 3. The maximum Gasteiger partial charge on any atom is 0.237 e. The fraction of sp³-hybridized carbons (Fsp3) is 0.565. The van der Waals surface area contributed by atoms with Crippen LogP contribution in [0.5, 0.6) is 0 Å². The summed E-state index contributed by atoms with van der Waals surface area (Å²) in [6.07, 6.45) is 10.4. The lowest BCUT2D eigenvalue weighted by Gasteiger charge is -2.19. The van der Waals surface area contributed by atoms with Crippen molar-refractivity contribution < 1.29 is 9.59 Å². The number of carbonyl (C=O) groups is 2. The van der Waals surface area contributed by atoms with Crippen LogP contribution in [0.2, 0.25) is 0 Å². The molecular weight excluding hydrogens is 350 g/mol. The Labute approximate surface area is 168 Å². The highest BCUT2D eigenvalue weighted by molar-refractivity contribution is 5.91. The molecule has 0 spiro atoms. The summed E-state index contributed by atoms with van der Waals surface area (Å²) in [5.41, 5.74) is 8.18. The van der Waals surface area contributed by atoms with Gasteiger partial charge in [-0.1, -0.05) is 64.2 Å². The minimum atomic E-state index is -0.671. The summed E-state index contributed by atoms with van der Waals surface area (Å²) in [5, 5.41) is 3.94. The number of Topliss-reactive ketones (excluding diaryl/α,β-unsaturated/α-hetero) is 1. The maximum absolute atomic E-state index is 12.5. The fourth-order valence-corrected chi connectivity index (χ4v) is 3.57. The third kappa shape index (κ3) is 6.48. The van der Waals surface area contributed by atoms with Gasteiger partial charge in [-0.15, -0.1) is 0 Å². The van der Waals surface area contributed by atoms with Gasteiger partial charge in [0, 0.05) is 23.5 Å². The quantitative estimate of drug-likeness (QED) is 0.450. The standard InChI is InChI=1S/C23H35N3O2/c1-3-5-6-7-8-9-14-22(27)20(4-2)26-23(28)19(24)15-17-16-25-21-13-11-10-12-18(17)21/h10-13,16,19-20,25H,3-9,14-15,24H2,1-2H3,(H,26,28). The summed E-state index contributed by atoms with van der Waals surface area (Å²) in [4.78, 5) is 28.2. The van der Waals surface area contributed by atoms with Gasteiger partial charge in [0.2, 0.25) is 5.91 Å². The van der Waals surface area contributed by atoms with Crippen molar-refractivity contribution in [3.8, 4) is 0 Å². The number of nitrogens with one attached hydrogen (secondary N) is 2. The summed E-state index contributed by atoms with van der Waals surface area (Å²) in [5.74, 6) is -0.140. The first-order valence-electron chi connectivity index (χ1n) is 10.7. The summed E-state index contributed by atoms with van der Waals surface area (Å²) in [6.45, 7) is 4.12. The summed E-state index contributed by atoms with van der Waals surface area (Å²) in [6, 6.07) is 6.85. The number of benzene rings is 1. The van der Waals surface area contributed by atoms with Crippen LogP contribution in [-0.4, -0.2) is 28.8 Å². The largest absolute Gasteiger partial charge is 0.361 e. The number of ketones is 1. The molecule has 5 heteroatoms. The van der Waals surface area contributed by atoms with E-state index in [2.05, 4.69) is 17.2 Å². The molecule has 154 valence electrons. The van der Waals surface area contributed by atoms with Gasteiger partial charge >= 0.3 is 0 Å². The van der Waals surface area contributed by atoms with Gasteiger partial charge in [0.15, 0.2) is 5.78 Å². The van der Waals surface area contributed by atoms with Crippen LogP contribution in [0.3, 0.4) is 0 Å². The molecule has 2 atom stereocenters. The Balaban J connectivity index is 1.80. The number of H-pyrrole nitrogens is 1. The molecule has 0 bridgehead atoms. The molecule has 0 fully saturated rings. The van der Waals surface area contributed by atoms with Crippen molar-refractivity contribution in [2.24, 2.45) is 5.73 Å². The zero-order valence-electron chi connectivity index (χ0n) is 17.3. The Hall–Kier alpha value is -2.14.